The molecule has 150 valence electrons. The Labute approximate surface area is 177 Å². The predicted molar refractivity (Wildman–Crippen MR) is 110 cm³/mol. The van der Waals surface area contributed by atoms with Gasteiger partial charge in [0, 0.05) is 35.1 Å². The van der Waals surface area contributed by atoms with Crippen LogP contribution in [0.2, 0.25) is 5.02 Å². The highest BCUT2D eigenvalue weighted by atomic mass is 35.5. The Bertz CT molecular complexity index is 1150. The summed E-state index contributed by atoms with van der Waals surface area (Å²) in [4.78, 5) is 31.0. The lowest BCUT2D eigenvalue weighted by atomic mass is 9.95. The zero-order chi connectivity index (χ0) is 21.3. The first kappa shape index (κ1) is 19.8. The predicted octanol–water partition coefficient (Wildman–Crippen LogP) is 4.50. The number of halogens is 2. The first-order valence-electron chi connectivity index (χ1n) is 9.15. The van der Waals surface area contributed by atoms with Gasteiger partial charge in [0.15, 0.2) is 0 Å². The van der Waals surface area contributed by atoms with Crippen molar-refractivity contribution in [2.24, 2.45) is 0 Å². The van der Waals surface area contributed by atoms with E-state index in [-0.39, 0.29) is 23.4 Å². The molecule has 3 aromatic rings. The maximum atomic E-state index is 14.7. The van der Waals surface area contributed by atoms with Crippen LogP contribution in [0, 0.1) is 5.82 Å². The van der Waals surface area contributed by atoms with Gasteiger partial charge in [-0.05, 0) is 48.0 Å². The summed E-state index contributed by atoms with van der Waals surface area (Å²) in [5, 5.41) is 11.4. The minimum atomic E-state index is -1.07. The molecule has 0 saturated carbocycles. The van der Waals surface area contributed by atoms with Crippen molar-refractivity contribution in [3.05, 3.63) is 106 Å². The van der Waals surface area contributed by atoms with Gasteiger partial charge in [0.05, 0.1) is 11.6 Å². The van der Waals surface area contributed by atoms with Crippen molar-refractivity contribution in [2.75, 3.05) is 0 Å². The van der Waals surface area contributed by atoms with Crippen LogP contribution >= 0.6 is 11.6 Å². The second kappa shape index (κ2) is 8.08. The molecule has 30 heavy (non-hydrogen) atoms. The van der Waals surface area contributed by atoms with E-state index in [0.717, 1.165) is 5.56 Å². The molecule has 5 nitrogen and oxygen atoms in total. The van der Waals surface area contributed by atoms with Gasteiger partial charge in [0.1, 0.15) is 11.6 Å². The van der Waals surface area contributed by atoms with Crippen molar-refractivity contribution in [1.82, 2.24) is 9.88 Å². The van der Waals surface area contributed by atoms with E-state index in [0.29, 0.717) is 10.6 Å². The Balaban J connectivity index is 1.88. The topological polar surface area (TPSA) is 70.5 Å². The fourth-order valence-electron chi connectivity index (χ4n) is 3.51. The third-order valence-corrected chi connectivity index (χ3v) is 5.21. The standard InChI is InChI=1S/C23H16ClFN2O3/c24-16-7-5-15(6-8-16)21(28)19-20(17-3-1-2-4-18(17)25)27(23(30)22(19)29)13-14-9-11-26-12-10-14/h1-12,20,28H,13H2/b21-19-. The number of aromatic nitrogens is 1. The number of rotatable bonds is 4. The summed E-state index contributed by atoms with van der Waals surface area (Å²) in [5.74, 6) is -2.64. The number of Topliss-reactive ketones (excluding diaryl/α,β-unsaturated/α-hetero) is 1. The Morgan fingerprint density at radius 2 is 1.70 bits per heavy atom. The summed E-state index contributed by atoms with van der Waals surface area (Å²) in [6, 6.07) is 14.4. The smallest absolute Gasteiger partial charge is 0.295 e. The number of aliphatic hydroxyl groups excluding tert-OH is 1. The summed E-state index contributed by atoms with van der Waals surface area (Å²) in [6.45, 7) is 0.0590. The average molecular weight is 423 g/mol. The molecule has 1 fully saturated rings. The van der Waals surface area contributed by atoms with Crippen molar-refractivity contribution in [2.45, 2.75) is 12.6 Å². The fourth-order valence-corrected chi connectivity index (χ4v) is 3.64. The molecular weight excluding hydrogens is 407 g/mol. The molecule has 1 aliphatic heterocycles. The van der Waals surface area contributed by atoms with E-state index >= 15 is 0 Å². The van der Waals surface area contributed by atoms with E-state index in [4.69, 9.17) is 11.6 Å². The highest BCUT2D eigenvalue weighted by Gasteiger charge is 2.46. The van der Waals surface area contributed by atoms with Gasteiger partial charge in [-0.25, -0.2) is 4.39 Å². The van der Waals surface area contributed by atoms with Crippen LogP contribution in [0.1, 0.15) is 22.7 Å². The van der Waals surface area contributed by atoms with Crippen molar-refractivity contribution in [3.63, 3.8) is 0 Å². The second-order valence-electron chi connectivity index (χ2n) is 6.81. The number of nitrogens with zero attached hydrogens (tertiary/aromatic N) is 2. The number of hydrogen-bond acceptors (Lipinski definition) is 4. The van der Waals surface area contributed by atoms with Crippen LogP contribution in [0.5, 0.6) is 0 Å². The molecule has 1 amide bonds. The van der Waals surface area contributed by atoms with Crippen LogP contribution < -0.4 is 0 Å². The SMILES string of the molecule is O=C1C(=O)N(Cc2ccncc2)C(c2ccccc2F)/C1=C(/O)c1ccc(Cl)cc1. The second-order valence-corrected chi connectivity index (χ2v) is 7.25. The van der Waals surface area contributed by atoms with Gasteiger partial charge in [-0.2, -0.15) is 0 Å². The number of ketones is 1. The molecule has 2 heterocycles. The molecule has 0 bridgehead atoms. The maximum absolute atomic E-state index is 14.7. The third kappa shape index (κ3) is 3.57. The molecule has 1 unspecified atom stereocenters. The van der Waals surface area contributed by atoms with E-state index in [9.17, 15) is 19.1 Å². The lowest BCUT2D eigenvalue weighted by molar-refractivity contribution is -0.140. The van der Waals surface area contributed by atoms with Crippen molar-refractivity contribution >= 4 is 29.1 Å². The van der Waals surface area contributed by atoms with E-state index in [1.54, 1.807) is 42.7 Å². The molecule has 2 aromatic carbocycles. The number of hydrogen-bond donors (Lipinski definition) is 1. The van der Waals surface area contributed by atoms with Gasteiger partial charge in [0.25, 0.3) is 11.7 Å². The van der Waals surface area contributed by atoms with Crippen LogP contribution in [-0.2, 0) is 16.1 Å². The maximum Gasteiger partial charge on any atom is 0.295 e. The summed E-state index contributed by atoms with van der Waals surface area (Å²) in [5.41, 5.74) is 0.991. The van der Waals surface area contributed by atoms with Crippen LogP contribution in [-0.4, -0.2) is 26.7 Å². The normalized spacial score (nSPS) is 18.1. The van der Waals surface area contributed by atoms with Gasteiger partial charge < -0.3 is 10.0 Å². The number of carbonyl (C=O) groups excluding carboxylic acids is 2. The van der Waals surface area contributed by atoms with E-state index in [2.05, 4.69) is 4.98 Å². The number of benzene rings is 2. The molecule has 0 aliphatic carbocycles. The van der Waals surface area contributed by atoms with Crippen molar-refractivity contribution in [3.8, 4) is 0 Å². The number of pyridine rings is 1. The summed E-state index contributed by atoms with van der Waals surface area (Å²) in [6.07, 6.45) is 3.13. The van der Waals surface area contributed by atoms with E-state index in [1.807, 2.05) is 0 Å². The Morgan fingerprint density at radius 3 is 2.37 bits per heavy atom. The number of carbonyl (C=O) groups is 2. The molecule has 4 rings (SSSR count). The first-order valence-corrected chi connectivity index (χ1v) is 9.53. The molecule has 1 aliphatic rings. The highest BCUT2D eigenvalue weighted by molar-refractivity contribution is 6.46. The number of amides is 1. The largest absolute Gasteiger partial charge is 0.507 e. The van der Waals surface area contributed by atoms with Gasteiger partial charge in [-0.3, -0.25) is 14.6 Å². The molecule has 1 saturated heterocycles. The molecule has 7 heteroatoms. The zero-order valence-corrected chi connectivity index (χ0v) is 16.4. The Morgan fingerprint density at radius 1 is 1.03 bits per heavy atom. The van der Waals surface area contributed by atoms with Crippen LogP contribution in [0.25, 0.3) is 5.76 Å². The van der Waals surface area contributed by atoms with Crippen molar-refractivity contribution < 1.29 is 19.1 Å². The van der Waals surface area contributed by atoms with Crippen molar-refractivity contribution in [1.29, 1.82) is 0 Å². The first-order chi connectivity index (χ1) is 14.5. The molecule has 1 N–H and O–H groups in total. The lowest BCUT2D eigenvalue weighted by Crippen LogP contribution is -2.29. The molecular formula is C23H16ClFN2O3. The minimum absolute atomic E-state index is 0.0590. The number of aliphatic hydroxyl groups is 1. The molecule has 0 radical (unpaired) electrons. The van der Waals surface area contributed by atoms with E-state index < -0.39 is 23.5 Å². The molecule has 1 atom stereocenters. The van der Waals surface area contributed by atoms with E-state index in [1.165, 1.54) is 35.2 Å². The quantitative estimate of drug-likeness (QED) is 0.382. The lowest BCUT2D eigenvalue weighted by Gasteiger charge is -2.25. The van der Waals surface area contributed by atoms with Crippen LogP contribution in [0.15, 0.2) is 78.6 Å². The van der Waals surface area contributed by atoms with Gasteiger partial charge in [0.2, 0.25) is 0 Å². The fraction of sp³-hybridized carbons (Fsp3) is 0.0870. The van der Waals surface area contributed by atoms with Crippen LogP contribution in [0.3, 0.4) is 0 Å². The Hall–Kier alpha value is -3.51. The number of likely N-dealkylation sites (tertiary alicyclic amines) is 1. The summed E-state index contributed by atoms with van der Waals surface area (Å²) >= 11 is 5.90. The van der Waals surface area contributed by atoms with Gasteiger partial charge in [-0.15, -0.1) is 0 Å². The van der Waals surface area contributed by atoms with Crippen LogP contribution in [0.4, 0.5) is 4.39 Å². The summed E-state index contributed by atoms with van der Waals surface area (Å²) in [7, 11) is 0. The summed E-state index contributed by atoms with van der Waals surface area (Å²) < 4.78 is 14.7. The minimum Gasteiger partial charge on any atom is -0.507 e. The molecule has 0 spiro atoms. The zero-order valence-electron chi connectivity index (χ0n) is 15.6. The highest BCUT2D eigenvalue weighted by Crippen LogP contribution is 2.41. The molecule has 1 aromatic heterocycles. The monoisotopic (exact) mass is 422 g/mol. The van der Waals surface area contributed by atoms with Gasteiger partial charge in [-0.1, -0.05) is 29.8 Å². The third-order valence-electron chi connectivity index (χ3n) is 4.96. The average Bonchev–Trinajstić information content (AvgIpc) is 3.00. The van der Waals surface area contributed by atoms with Gasteiger partial charge >= 0.3 is 0 Å². The Kier molecular flexibility index (Phi) is 5.33.